The van der Waals surface area contributed by atoms with Gasteiger partial charge in [0.2, 0.25) is 0 Å². The summed E-state index contributed by atoms with van der Waals surface area (Å²) >= 11 is 0. The van der Waals surface area contributed by atoms with Crippen LogP contribution in [-0.2, 0) is 0 Å². The van der Waals surface area contributed by atoms with Gasteiger partial charge in [0.25, 0.3) is 0 Å². The fourth-order valence-electron chi connectivity index (χ4n) is 2.25. The molecule has 0 fully saturated rings. The van der Waals surface area contributed by atoms with E-state index < -0.39 is 0 Å². The summed E-state index contributed by atoms with van der Waals surface area (Å²) in [4.78, 5) is 4.34. The van der Waals surface area contributed by atoms with Crippen LogP contribution < -0.4 is 0 Å². The predicted molar refractivity (Wildman–Crippen MR) is 73.1 cm³/mol. The highest BCUT2D eigenvalue weighted by Crippen LogP contribution is 2.25. The maximum atomic E-state index is 13.0. The maximum Gasteiger partial charge on any atom is 0.184 e. The molecule has 3 rings (SSSR count). The molecule has 5 nitrogen and oxygen atoms in total. The van der Waals surface area contributed by atoms with Crippen LogP contribution in [0.1, 0.15) is 17.2 Å². The van der Waals surface area contributed by atoms with Gasteiger partial charge in [0.1, 0.15) is 11.6 Å². The van der Waals surface area contributed by atoms with Gasteiger partial charge in [-0.05, 0) is 45.0 Å². The minimum absolute atomic E-state index is 0.264. The van der Waals surface area contributed by atoms with Gasteiger partial charge in [0.15, 0.2) is 5.82 Å². The lowest BCUT2D eigenvalue weighted by Gasteiger charge is -2.04. The van der Waals surface area contributed by atoms with Gasteiger partial charge in [0, 0.05) is 0 Å². The first kappa shape index (κ1) is 12.5. The standard InChI is InChI=1S/C14H14FN5/c1-8-13(14-16-10(3)17-18-14)9(2)20(19-8)12-6-4-11(15)5-7-12/h4-7H,1-3H3,(H,16,17,18). The van der Waals surface area contributed by atoms with E-state index in [2.05, 4.69) is 20.3 Å². The average molecular weight is 271 g/mol. The molecule has 2 aromatic heterocycles. The molecule has 3 aromatic rings. The first-order valence-electron chi connectivity index (χ1n) is 6.28. The van der Waals surface area contributed by atoms with Crippen LogP contribution in [0.3, 0.4) is 0 Å². The van der Waals surface area contributed by atoms with Crippen molar-refractivity contribution < 1.29 is 4.39 Å². The average Bonchev–Trinajstić information content (AvgIpc) is 2.95. The van der Waals surface area contributed by atoms with Crippen molar-refractivity contribution in [2.45, 2.75) is 20.8 Å². The zero-order chi connectivity index (χ0) is 14.3. The normalized spacial score (nSPS) is 11.0. The van der Waals surface area contributed by atoms with Crippen LogP contribution in [0.25, 0.3) is 17.1 Å². The highest BCUT2D eigenvalue weighted by Gasteiger charge is 2.17. The molecule has 20 heavy (non-hydrogen) atoms. The van der Waals surface area contributed by atoms with Crippen molar-refractivity contribution in [1.82, 2.24) is 25.0 Å². The highest BCUT2D eigenvalue weighted by molar-refractivity contribution is 5.62. The molecule has 0 aliphatic heterocycles. The van der Waals surface area contributed by atoms with Crippen molar-refractivity contribution in [3.63, 3.8) is 0 Å². The third-order valence-corrected chi connectivity index (χ3v) is 3.18. The van der Waals surface area contributed by atoms with Crippen LogP contribution >= 0.6 is 0 Å². The van der Waals surface area contributed by atoms with E-state index in [0.717, 1.165) is 28.5 Å². The monoisotopic (exact) mass is 271 g/mol. The molecular weight excluding hydrogens is 257 g/mol. The molecule has 0 spiro atoms. The number of aromatic nitrogens is 5. The Morgan fingerprint density at radius 1 is 1.10 bits per heavy atom. The van der Waals surface area contributed by atoms with Crippen LogP contribution in [0, 0.1) is 26.6 Å². The lowest BCUT2D eigenvalue weighted by molar-refractivity contribution is 0.627. The number of benzene rings is 1. The summed E-state index contributed by atoms with van der Waals surface area (Å²) in [5, 5.41) is 11.5. The summed E-state index contributed by atoms with van der Waals surface area (Å²) in [6.07, 6.45) is 0. The molecule has 6 heteroatoms. The fourth-order valence-corrected chi connectivity index (χ4v) is 2.25. The third-order valence-electron chi connectivity index (χ3n) is 3.18. The van der Waals surface area contributed by atoms with Gasteiger partial charge < -0.3 is 0 Å². The number of nitrogens with one attached hydrogen (secondary N) is 1. The van der Waals surface area contributed by atoms with Crippen molar-refractivity contribution in [1.29, 1.82) is 0 Å². The molecule has 0 atom stereocenters. The van der Waals surface area contributed by atoms with Crippen molar-refractivity contribution in [2.24, 2.45) is 0 Å². The smallest absolute Gasteiger partial charge is 0.184 e. The van der Waals surface area contributed by atoms with Crippen molar-refractivity contribution >= 4 is 0 Å². The van der Waals surface area contributed by atoms with Gasteiger partial charge >= 0.3 is 0 Å². The quantitative estimate of drug-likeness (QED) is 0.779. The minimum atomic E-state index is -0.264. The van der Waals surface area contributed by atoms with E-state index in [1.54, 1.807) is 16.8 Å². The number of rotatable bonds is 2. The largest absolute Gasteiger partial charge is 0.263 e. The van der Waals surface area contributed by atoms with E-state index in [-0.39, 0.29) is 5.82 Å². The zero-order valence-electron chi connectivity index (χ0n) is 11.5. The molecule has 0 amide bonds. The number of nitrogens with zero attached hydrogens (tertiary/aromatic N) is 4. The first-order valence-corrected chi connectivity index (χ1v) is 6.28. The molecule has 0 saturated heterocycles. The second kappa shape index (κ2) is 4.56. The maximum absolute atomic E-state index is 13.0. The molecule has 0 unspecified atom stereocenters. The van der Waals surface area contributed by atoms with E-state index >= 15 is 0 Å². The topological polar surface area (TPSA) is 59.4 Å². The summed E-state index contributed by atoms with van der Waals surface area (Å²) in [6, 6.07) is 6.23. The Kier molecular flexibility index (Phi) is 2.85. The molecule has 1 aromatic carbocycles. The number of H-pyrrole nitrogens is 1. The molecule has 0 saturated carbocycles. The number of halogens is 1. The Labute approximate surface area is 115 Å². The Balaban J connectivity index is 2.13. The number of hydrogen-bond donors (Lipinski definition) is 1. The highest BCUT2D eigenvalue weighted by atomic mass is 19.1. The second-order valence-electron chi connectivity index (χ2n) is 4.68. The van der Waals surface area contributed by atoms with Crippen molar-refractivity contribution in [2.75, 3.05) is 0 Å². The summed E-state index contributed by atoms with van der Waals surface area (Å²) in [5.41, 5.74) is 3.48. The van der Waals surface area contributed by atoms with Crippen molar-refractivity contribution in [3.05, 3.63) is 47.3 Å². The molecule has 1 N–H and O–H groups in total. The van der Waals surface area contributed by atoms with Crippen molar-refractivity contribution in [3.8, 4) is 17.1 Å². The van der Waals surface area contributed by atoms with Gasteiger partial charge in [-0.25, -0.2) is 14.1 Å². The molecule has 0 bridgehead atoms. The number of aryl methyl sites for hydroxylation is 2. The Morgan fingerprint density at radius 3 is 2.40 bits per heavy atom. The SMILES string of the molecule is Cc1nc(-c2c(C)nn(-c3ccc(F)cc3)c2C)n[nH]1. The van der Waals surface area contributed by atoms with E-state index in [1.165, 1.54) is 12.1 Å². The van der Waals surface area contributed by atoms with Crippen LogP contribution in [-0.4, -0.2) is 25.0 Å². The van der Waals surface area contributed by atoms with Gasteiger partial charge in [0.05, 0.1) is 22.6 Å². The van der Waals surface area contributed by atoms with Crippen LogP contribution in [0.4, 0.5) is 4.39 Å². The first-order chi connectivity index (χ1) is 9.56. The van der Waals surface area contributed by atoms with Gasteiger partial charge in [-0.1, -0.05) is 0 Å². The fraction of sp³-hybridized carbons (Fsp3) is 0.214. The van der Waals surface area contributed by atoms with E-state index in [4.69, 9.17) is 0 Å². The second-order valence-corrected chi connectivity index (χ2v) is 4.68. The summed E-state index contributed by atoms with van der Waals surface area (Å²) in [6.45, 7) is 5.71. The molecule has 0 radical (unpaired) electrons. The Hall–Kier alpha value is -2.50. The van der Waals surface area contributed by atoms with E-state index in [9.17, 15) is 4.39 Å². The van der Waals surface area contributed by atoms with Crippen LogP contribution in [0.2, 0.25) is 0 Å². The number of aromatic amines is 1. The molecule has 0 aliphatic rings. The molecule has 0 aliphatic carbocycles. The summed E-state index contributed by atoms with van der Waals surface area (Å²) < 4.78 is 14.8. The third kappa shape index (κ3) is 1.99. The lowest BCUT2D eigenvalue weighted by atomic mass is 10.2. The Morgan fingerprint density at radius 2 is 1.80 bits per heavy atom. The number of hydrogen-bond acceptors (Lipinski definition) is 3. The molecule has 2 heterocycles. The van der Waals surface area contributed by atoms with E-state index in [1.807, 2.05) is 20.8 Å². The van der Waals surface area contributed by atoms with Gasteiger partial charge in [-0.15, -0.1) is 0 Å². The van der Waals surface area contributed by atoms with Crippen LogP contribution in [0.15, 0.2) is 24.3 Å². The zero-order valence-corrected chi connectivity index (χ0v) is 11.5. The van der Waals surface area contributed by atoms with Gasteiger partial charge in [-0.2, -0.15) is 10.2 Å². The van der Waals surface area contributed by atoms with Gasteiger partial charge in [-0.3, -0.25) is 5.10 Å². The van der Waals surface area contributed by atoms with E-state index in [0.29, 0.717) is 5.82 Å². The van der Waals surface area contributed by atoms with Crippen LogP contribution in [0.5, 0.6) is 0 Å². The minimum Gasteiger partial charge on any atom is -0.263 e. The summed E-state index contributed by atoms with van der Waals surface area (Å²) in [7, 11) is 0. The molecular formula is C14H14FN5. The lowest BCUT2D eigenvalue weighted by Crippen LogP contribution is -1.99. The Bertz CT molecular complexity index is 754. The predicted octanol–water partition coefficient (Wildman–Crippen LogP) is 2.72. The summed E-state index contributed by atoms with van der Waals surface area (Å²) in [5.74, 6) is 1.12. The molecule has 102 valence electrons.